The predicted molar refractivity (Wildman–Crippen MR) is 121 cm³/mol. The molecule has 1 atom stereocenters. The quantitative estimate of drug-likeness (QED) is 0.407. The molecule has 0 saturated heterocycles. The zero-order chi connectivity index (χ0) is 23.3. The van der Waals surface area contributed by atoms with Crippen LogP contribution in [0.3, 0.4) is 0 Å². The lowest BCUT2D eigenvalue weighted by atomic mass is 9.98. The van der Waals surface area contributed by atoms with E-state index in [1.165, 1.54) is 32.0 Å². The Kier molecular flexibility index (Phi) is 7.18. The molecule has 1 amide bonds. The van der Waals surface area contributed by atoms with Gasteiger partial charge in [0, 0.05) is 27.4 Å². The number of esters is 1. The molecule has 0 aliphatic carbocycles. The number of carbonyl (C=O) groups is 4. The van der Waals surface area contributed by atoms with Crippen molar-refractivity contribution in [1.29, 1.82) is 0 Å². The molecular formula is C25H20ClNO5. The van der Waals surface area contributed by atoms with Crippen molar-refractivity contribution in [3.8, 4) is 0 Å². The van der Waals surface area contributed by atoms with Crippen molar-refractivity contribution in [3.05, 3.63) is 100 Å². The summed E-state index contributed by atoms with van der Waals surface area (Å²) in [4.78, 5) is 49.6. The van der Waals surface area contributed by atoms with Gasteiger partial charge in [0.2, 0.25) is 0 Å². The highest BCUT2D eigenvalue weighted by molar-refractivity contribution is 6.30. The molecule has 1 unspecified atom stereocenters. The molecule has 0 aliphatic rings. The molecule has 0 fully saturated rings. The lowest BCUT2D eigenvalue weighted by Crippen LogP contribution is -2.30. The standard InChI is InChI=1S/C25H20ClNO5/c1-15(28)18-6-5-7-20(14-18)27-24(30)16(2)32-25(31)22-9-4-3-8-21(22)23(29)17-10-12-19(26)13-11-17/h3-14,16H,1-2H3,(H,27,30). The van der Waals surface area contributed by atoms with Gasteiger partial charge in [-0.15, -0.1) is 0 Å². The number of halogens is 1. The minimum atomic E-state index is -1.14. The second kappa shape index (κ2) is 10.0. The van der Waals surface area contributed by atoms with Gasteiger partial charge in [0.1, 0.15) is 0 Å². The summed E-state index contributed by atoms with van der Waals surface area (Å²) in [6, 6.07) is 19.0. The van der Waals surface area contributed by atoms with E-state index in [2.05, 4.69) is 5.32 Å². The summed E-state index contributed by atoms with van der Waals surface area (Å²) >= 11 is 5.87. The van der Waals surface area contributed by atoms with Crippen LogP contribution in [0.15, 0.2) is 72.8 Å². The molecular weight excluding hydrogens is 430 g/mol. The molecule has 0 radical (unpaired) electrons. The van der Waals surface area contributed by atoms with Crippen LogP contribution in [0.5, 0.6) is 0 Å². The number of benzene rings is 3. The molecule has 0 spiro atoms. The van der Waals surface area contributed by atoms with Gasteiger partial charge < -0.3 is 10.1 Å². The van der Waals surface area contributed by atoms with Crippen LogP contribution < -0.4 is 5.32 Å². The summed E-state index contributed by atoms with van der Waals surface area (Å²) in [7, 11) is 0. The van der Waals surface area contributed by atoms with E-state index in [0.29, 0.717) is 21.8 Å². The van der Waals surface area contributed by atoms with Crippen molar-refractivity contribution >= 4 is 40.7 Å². The molecule has 3 rings (SSSR count). The van der Waals surface area contributed by atoms with Gasteiger partial charge in [-0.2, -0.15) is 0 Å². The number of carbonyl (C=O) groups excluding carboxylic acids is 4. The van der Waals surface area contributed by atoms with Crippen LogP contribution in [-0.4, -0.2) is 29.5 Å². The van der Waals surface area contributed by atoms with Crippen LogP contribution in [0.2, 0.25) is 5.02 Å². The third-order valence-corrected chi connectivity index (χ3v) is 4.94. The van der Waals surface area contributed by atoms with Crippen LogP contribution in [-0.2, 0) is 9.53 Å². The molecule has 32 heavy (non-hydrogen) atoms. The van der Waals surface area contributed by atoms with Gasteiger partial charge in [0.25, 0.3) is 5.91 Å². The number of ether oxygens (including phenoxy) is 1. The van der Waals surface area contributed by atoms with E-state index in [1.54, 1.807) is 54.6 Å². The minimum Gasteiger partial charge on any atom is -0.449 e. The number of Topliss-reactive ketones (excluding diaryl/α,β-unsaturated/α-hetero) is 1. The zero-order valence-corrected chi connectivity index (χ0v) is 18.2. The van der Waals surface area contributed by atoms with Crippen LogP contribution in [0, 0.1) is 0 Å². The second-order valence-electron chi connectivity index (χ2n) is 7.06. The van der Waals surface area contributed by atoms with Crippen molar-refractivity contribution in [2.24, 2.45) is 0 Å². The summed E-state index contributed by atoms with van der Waals surface area (Å²) in [5.74, 6) is -1.88. The Morgan fingerprint density at radius 3 is 2.16 bits per heavy atom. The van der Waals surface area contributed by atoms with Gasteiger partial charge >= 0.3 is 5.97 Å². The molecule has 3 aromatic rings. The van der Waals surface area contributed by atoms with Gasteiger partial charge in [-0.1, -0.05) is 41.9 Å². The average molecular weight is 450 g/mol. The summed E-state index contributed by atoms with van der Waals surface area (Å²) in [5, 5.41) is 3.10. The molecule has 0 aliphatic heterocycles. The molecule has 7 heteroatoms. The highest BCUT2D eigenvalue weighted by Gasteiger charge is 2.23. The van der Waals surface area contributed by atoms with E-state index < -0.39 is 18.0 Å². The van der Waals surface area contributed by atoms with Gasteiger partial charge in [-0.05, 0) is 56.3 Å². The average Bonchev–Trinajstić information content (AvgIpc) is 2.79. The summed E-state index contributed by atoms with van der Waals surface area (Å²) < 4.78 is 5.30. The van der Waals surface area contributed by atoms with E-state index in [1.807, 2.05) is 0 Å². The minimum absolute atomic E-state index is 0.0469. The van der Waals surface area contributed by atoms with Crippen molar-refractivity contribution in [1.82, 2.24) is 0 Å². The molecule has 3 aromatic carbocycles. The smallest absolute Gasteiger partial charge is 0.339 e. The van der Waals surface area contributed by atoms with Crippen LogP contribution >= 0.6 is 11.6 Å². The third kappa shape index (κ3) is 5.47. The van der Waals surface area contributed by atoms with E-state index in [4.69, 9.17) is 16.3 Å². The van der Waals surface area contributed by atoms with E-state index in [-0.39, 0.29) is 22.7 Å². The van der Waals surface area contributed by atoms with E-state index in [0.717, 1.165) is 0 Å². The Morgan fingerprint density at radius 2 is 1.50 bits per heavy atom. The first kappa shape index (κ1) is 22.9. The fraction of sp³-hybridized carbons (Fsp3) is 0.120. The number of rotatable bonds is 7. The lowest BCUT2D eigenvalue weighted by Gasteiger charge is -2.15. The van der Waals surface area contributed by atoms with Crippen LogP contribution in [0.4, 0.5) is 5.69 Å². The number of hydrogen-bond acceptors (Lipinski definition) is 5. The maximum atomic E-state index is 12.9. The molecule has 0 aromatic heterocycles. The SMILES string of the molecule is CC(=O)c1cccc(NC(=O)C(C)OC(=O)c2ccccc2C(=O)c2ccc(Cl)cc2)c1. The topological polar surface area (TPSA) is 89.5 Å². The fourth-order valence-electron chi connectivity index (χ4n) is 2.95. The number of nitrogens with one attached hydrogen (secondary N) is 1. The first-order chi connectivity index (χ1) is 15.3. The summed E-state index contributed by atoms with van der Waals surface area (Å²) in [6.45, 7) is 2.85. The molecule has 0 bridgehead atoms. The number of hydrogen-bond donors (Lipinski definition) is 1. The Morgan fingerprint density at radius 1 is 0.844 bits per heavy atom. The van der Waals surface area contributed by atoms with Crippen molar-refractivity contribution in [2.75, 3.05) is 5.32 Å². The lowest BCUT2D eigenvalue weighted by molar-refractivity contribution is -0.123. The highest BCUT2D eigenvalue weighted by atomic mass is 35.5. The van der Waals surface area contributed by atoms with Crippen molar-refractivity contribution < 1.29 is 23.9 Å². The molecule has 162 valence electrons. The zero-order valence-electron chi connectivity index (χ0n) is 17.4. The van der Waals surface area contributed by atoms with Gasteiger partial charge in [0.05, 0.1) is 5.56 Å². The maximum Gasteiger partial charge on any atom is 0.339 e. The number of ketones is 2. The Bertz CT molecular complexity index is 1190. The second-order valence-corrected chi connectivity index (χ2v) is 7.49. The van der Waals surface area contributed by atoms with E-state index in [9.17, 15) is 19.2 Å². The largest absolute Gasteiger partial charge is 0.449 e. The highest BCUT2D eigenvalue weighted by Crippen LogP contribution is 2.19. The molecule has 0 saturated carbocycles. The summed E-state index contributed by atoms with van der Waals surface area (Å²) in [6.07, 6.45) is -1.14. The summed E-state index contributed by atoms with van der Waals surface area (Å²) in [5.41, 5.74) is 1.42. The molecule has 1 N–H and O–H groups in total. The van der Waals surface area contributed by atoms with Gasteiger partial charge in [0.15, 0.2) is 17.7 Å². The first-order valence-corrected chi connectivity index (χ1v) is 10.2. The van der Waals surface area contributed by atoms with Gasteiger partial charge in [-0.25, -0.2) is 4.79 Å². The Labute approximate surface area is 190 Å². The fourth-order valence-corrected chi connectivity index (χ4v) is 3.08. The monoisotopic (exact) mass is 449 g/mol. The maximum absolute atomic E-state index is 12.9. The normalized spacial score (nSPS) is 11.3. The van der Waals surface area contributed by atoms with Crippen molar-refractivity contribution in [3.63, 3.8) is 0 Å². The Hall–Kier alpha value is -3.77. The molecule has 0 heterocycles. The third-order valence-electron chi connectivity index (χ3n) is 4.69. The van der Waals surface area contributed by atoms with Gasteiger partial charge in [-0.3, -0.25) is 14.4 Å². The van der Waals surface area contributed by atoms with Crippen LogP contribution in [0.25, 0.3) is 0 Å². The predicted octanol–water partition coefficient (Wildman–Crippen LogP) is 4.96. The number of anilines is 1. The molecule has 6 nitrogen and oxygen atoms in total. The van der Waals surface area contributed by atoms with Crippen LogP contribution in [0.1, 0.15) is 50.5 Å². The van der Waals surface area contributed by atoms with E-state index >= 15 is 0 Å². The Balaban J connectivity index is 1.73. The van der Waals surface area contributed by atoms with Crippen molar-refractivity contribution in [2.45, 2.75) is 20.0 Å². The first-order valence-electron chi connectivity index (χ1n) is 9.78. The number of amides is 1.